The highest BCUT2D eigenvalue weighted by Crippen LogP contribution is 2.26. The molecular weight excluding hydrogens is 269 g/mol. The number of halogens is 1. The molecule has 1 aliphatic rings. The number of hydrogen-bond donors (Lipinski definition) is 2. The summed E-state index contributed by atoms with van der Waals surface area (Å²) in [6, 6.07) is 3.45. The lowest BCUT2D eigenvalue weighted by Gasteiger charge is -2.18. The number of phenols is 1. The van der Waals surface area contributed by atoms with Gasteiger partial charge in [0.25, 0.3) is 0 Å². The van der Waals surface area contributed by atoms with Crippen molar-refractivity contribution in [2.24, 2.45) is 0 Å². The minimum Gasteiger partial charge on any atom is -0.508 e. The molecule has 1 heterocycles. The molecule has 2 rings (SSSR count). The van der Waals surface area contributed by atoms with Crippen LogP contribution in [-0.2, 0) is 9.84 Å². The van der Waals surface area contributed by atoms with Crippen LogP contribution >= 0.6 is 0 Å². The molecule has 0 radical (unpaired) electrons. The summed E-state index contributed by atoms with van der Waals surface area (Å²) < 4.78 is 36.5. The summed E-state index contributed by atoms with van der Waals surface area (Å²) >= 11 is 0. The molecule has 1 aliphatic heterocycles. The van der Waals surface area contributed by atoms with Crippen molar-refractivity contribution >= 4 is 9.84 Å². The van der Waals surface area contributed by atoms with E-state index in [1.807, 2.05) is 0 Å². The van der Waals surface area contributed by atoms with Gasteiger partial charge < -0.3 is 10.4 Å². The van der Waals surface area contributed by atoms with Crippen LogP contribution in [0.2, 0.25) is 0 Å². The van der Waals surface area contributed by atoms with Crippen LogP contribution in [0.1, 0.15) is 31.4 Å². The van der Waals surface area contributed by atoms with Gasteiger partial charge >= 0.3 is 0 Å². The average molecular weight is 287 g/mol. The van der Waals surface area contributed by atoms with E-state index in [4.69, 9.17) is 0 Å². The van der Waals surface area contributed by atoms with E-state index in [9.17, 15) is 17.9 Å². The maximum atomic E-state index is 13.1. The molecule has 0 spiro atoms. The summed E-state index contributed by atoms with van der Waals surface area (Å²) in [7, 11) is -2.98. The predicted molar refractivity (Wildman–Crippen MR) is 71.3 cm³/mol. The number of aromatic hydroxyl groups is 1. The summed E-state index contributed by atoms with van der Waals surface area (Å²) in [5.41, 5.74) is 0.440. The van der Waals surface area contributed by atoms with Gasteiger partial charge in [-0.15, -0.1) is 0 Å². The Bertz CT molecular complexity index is 559. The first-order valence-electron chi connectivity index (χ1n) is 6.33. The van der Waals surface area contributed by atoms with Gasteiger partial charge in [0.05, 0.1) is 11.0 Å². The summed E-state index contributed by atoms with van der Waals surface area (Å²) in [5.74, 6) is -0.163. The SMILES string of the molecule is CC(NCC1CCCS1(=O)=O)c1cc(F)ccc1O. The average Bonchev–Trinajstić information content (AvgIpc) is 2.68. The molecule has 1 saturated heterocycles. The van der Waals surface area contributed by atoms with Crippen LogP contribution in [0.15, 0.2) is 18.2 Å². The first-order chi connectivity index (χ1) is 8.90. The van der Waals surface area contributed by atoms with E-state index in [-0.39, 0.29) is 22.8 Å². The zero-order chi connectivity index (χ0) is 14.0. The molecule has 0 amide bonds. The third kappa shape index (κ3) is 3.25. The molecule has 19 heavy (non-hydrogen) atoms. The van der Waals surface area contributed by atoms with Crippen molar-refractivity contribution in [3.63, 3.8) is 0 Å². The van der Waals surface area contributed by atoms with Crippen LogP contribution in [0.4, 0.5) is 4.39 Å². The van der Waals surface area contributed by atoms with Crippen molar-refractivity contribution in [3.05, 3.63) is 29.6 Å². The van der Waals surface area contributed by atoms with E-state index in [0.717, 1.165) is 0 Å². The molecule has 106 valence electrons. The number of sulfone groups is 1. The molecule has 4 nitrogen and oxygen atoms in total. The summed E-state index contributed by atoms with van der Waals surface area (Å²) in [4.78, 5) is 0. The van der Waals surface area contributed by atoms with Crippen LogP contribution in [0.5, 0.6) is 5.75 Å². The van der Waals surface area contributed by atoms with Gasteiger partial charge in [-0.1, -0.05) is 0 Å². The minimum atomic E-state index is -2.98. The van der Waals surface area contributed by atoms with Crippen molar-refractivity contribution in [1.29, 1.82) is 0 Å². The zero-order valence-electron chi connectivity index (χ0n) is 10.8. The van der Waals surface area contributed by atoms with Crippen molar-refractivity contribution < 1.29 is 17.9 Å². The fourth-order valence-electron chi connectivity index (χ4n) is 2.38. The van der Waals surface area contributed by atoms with E-state index in [1.54, 1.807) is 6.92 Å². The zero-order valence-corrected chi connectivity index (χ0v) is 11.6. The first-order valence-corrected chi connectivity index (χ1v) is 8.05. The van der Waals surface area contributed by atoms with Crippen LogP contribution in [-0.4, -0.2) is 31.1 Å². The van der Waals surface area contributed by atoms with Gasteiger partial charge in [-0.05, 0) is 38.0 Å². The van der Waals surface area contributed by atoms with Gasteiger partial charge in [0.2, 0.25) is 0 Å². The topological polar surface area (TPSA) is 66.4 Å². The standard InChI is InChI=1S/C13H18FNO3S/c1-9(12-7-10(14)4-5-13(12)16)15-8-11-3-2-6-19(11,17)18/h4-5,7,9,11,15-16H,2-3,6,8H2,1H3. The Hall–Kier alpha value is -1.14. The second-order valence-corrected chi connectivity index (χ2v) is 7.36. The first kappa shape index (κ1) is 14.3. The fraction of sp³-hybridized carbons (Fsp3) is 0.538. The number of phenolic OH excluding ortho intramolecular Hbond substituents is 1. The molecule has 1 aromatic carbocycles. The van der Waals surface area contributed by atoms with E-state index < -0.39 is 15.7 Å². The third-order valence-corrected chi connectivity index (χ3v) is 5.85. The normalized spacial score (nSPS) is 23.4. The molecule has 0 aromatic heterocycles. The number of hydrogen-bond acceptors (Lipinski definition) is 4. The van der Waals surface area contributed by atoms with Gasteiger partial charge in [-0.3, -0.25) is 0 Å². The lowest BCUT2D eigenvalue weighted by atomic mass is 10.1. The monoisotopic (exact) mass is 287 g/mol. The van der Waals surface area contributed by atoms with Gasteiger partial charge in [0.1, 0.15) is 11.6 Å². The Kier molecular flexibility index (Phi) is 4.10. The predicted octanol–water partition coefficient (Wildman–Crippen LogP) is 1.76. The Balaban J connectivity index is 2.02. The molecule has 6 heteroatoms. The molecule has 0 bridgehead atoms. The number of nitrogens with one attached hydrogen (secondary N) is 1. The van der Waals surface area contributed by atoms with Crippen molar-refractivity contribution in [2.45, 2.75) is 31.1 Å². The second-order valence-electron chi connectivity index (χ2n) is 4.96. The molecule has 1 aromatic rings. The van der Waals surface area contributed by atoms with Crippen LogP contribution in [0.3, 0.4) is 0 Å². The highest BCUT2D eigenvalue weighted by atomic mass is 32.2. The van der Waals surface area contributed by atoms with Gasteiger partial charge in [0.15, 0.2) is 9.84 Å². The molecule has 2 atom stereocenters. The molecule has 0 aliphatic carbocycles. The van der Waals surface area contributed by atoms with E-state index in [1.165, 1.54) is 18.2 Å². The summed E-state index contributed by atoms with van der Waals surface area (Å²) in [5, 5.41) is 12.4. The van der Waals surface area contributed by atoms with Crippen molar-refractivity contribution in [1.82, 2.24) is 5.32 Å². The maximum Gasteiger partial charge on any atom is 0.154 e. The maximum absolute atomic E-state index is 13.1. The fourth-order valence-corrected chi connectivity index (χ4v) is 4.16. The Morgan fingerprint density at radius 2 is 2.26 bits per heavy atom. The Morgan fingerprint density at radius 1 is 1.53 bits per heavy atom. The Labute approximate surface area is 112 Å². The quantitative estimate of drug-likeness (QED) is 0.885. The van der Waals surface area contributed by atoms with Crippen molar-refractivity contribution in [3.8, 4) is 5.75 Å². The van der Waals surface area contributed by atoms with E-state index in [0.29, 0.717) is 24.9 Å². The molecule has 0 saturated carbocycles. The summed E-state index contributed by atoms with van der Waals surface area (Å²) in [6.45, 7) is 2.11. The largest absolute Gasteiger partial charge is 0.508 e. The molecule has 2 N–H and O–H groups in total. The van der Waals surface area contributed by atoms with Gasteiger partial charge in [0, 0.05) is 18.2 Å². The highest BCUT2D eigenvalue weighted by molar-refractivity contribution is 7.92. The van der Waals surface area contributed by atoms with Crippen LogP contribution in [0, 0.1) is 5.82 Å². The number of rotatable bonds is 4. The van der Waals surface area contributed by atoms with Gasteiger partial charge in [-0.2, -0.15) is 0 Å². The lowest BCUT2D eigenvalue weighted by Crippen LogP contribution is -2.32. The van der Waals surface area contributed by atoms with Crippen molar-refractivity contribution in [2.75, 3.05) is 12.3 Å². The molecule has 2 unspecified atom stereocenters. The van der Waals surface area contributed by atoms with Crippen LogP contribution in [0.25, 0.3) is 0 Å². The van der Waals surface area contributed by atoms with E-state index >= 15 is 0 Å². The number of benzene rings is 1. The summed E-state index contributed by atoms with van der Waals surface area (Å²) in [6.07, 6.45) is 1.37. The molecular formula is C13H18FNO3S. The second kappa shape index (κ2) is 5.46. The minimum absolute atomic E-state index is 0.00989. The highest BCUT2D eigenvalue weighted by Gasteiger charge is 2.31. The van der Waals surface area contributed by atoms with Gasteiger partial charge in [-0.25, -0.2) is 12.8 Å². The Morgan fingerprint density at radius 3 is 2.89 bits per heavy atom. The van der Waals surface area contributed by atoms with E-state index in [2.05, 4.69) is 5.32 Å². The molecule has 1 fully saturated rings. The smallest absolute Gasteiger partial charge is 0.154 e. The lowest BCUT2D eigenvalue weighted by molar-refractivity contribution is 0.448. The third-order valence-electron chi connectivity index (χ3n) is 3.57. The van der Waals surface area contributed by atoms with Crippen LogP contribution < -0.4 is 5.32 Å².